The van der Waals surface area contributed by atoms with E-state index in [2.05, 4.69) is 15.1 Å². The summed E-state index contributed by atoms with van der Waals surface area (Å²) in [6.07, 6.45) is 2.28. The Balaban J connectivity index is 1.80. The molecule has 3 rings (SSSR count). The maximum atomic E-state index is 14.1. The third-order valence-corrected chi connectivity index (χ3v) is 4.29. The zero-order valence-corrected chi connectivity index (χ0v) is 14.2. The van der Waals surface area contributed by atoms with E-state index in [1.807, 2.05) is 39.8 Å². The molecule has 0 N–H and O–H groups in total. The second-order valence-electron chi connectivity index (χ2n) is 7.35. The average Bonchev–Trinajstić information content (AvgIpc) is 3.21. The average molecular weight is 317 g/mol. The number of benzene rings is 1. The van der Waals surface area contributed by atoms with E-state index in [0.29, 0.717) is 24.4 Å². The van der Waals surface area contributed by atoms with Gasteiger partial charge in [-0.25, -0.2) is 4.39 Å². The molecule has 1 aromatic heterocycles. The van der Waals surface area contributed by atoms with Crippen LogP contribution >= 0.6 is 0 Å². The minimum Gasteiger partial charge on any atom is -0.423 e. The Kier molecular flexibility index (Phi) is 4.23. The summed E-state index contributed by atoms with van der Waals surface area (Å²) in [5.41, 5.74) is 0.558. The minimum absolute atomic E-state index is 0.0197. The van der Waals surface area contributed by atoms with Gasteiger partial charge in [0.15, 0.2) is 0 Å². The van der Waals surface area contributed by atoms with Crippen LogP contribution in [-0.4, -0.2) is 21.1 Å². The van der Waals surface area contributed by atoms with E-state index in [9.17, 15) is 4.39 Å². The maximum Gasteiger partial charge on any atom is 0.230 e. The Bertz CT molecular complexity index is 673. The first-order valence-corrected chi connectivity index (χ1v) is 8.19. The van der Waals surface area contributed by atoms with Crippen molar-refractivity contribution < 1.29 is 8.81 Å². The molecule has 1 fully saturated rings. The van der Waals surface area contributed by atoms with E-state index in [-0.39, 0.29) is 17.3 Å². The number of nitrogens with zero attached hydrogens (tertiary/aromatic N) is 3. The van der Waals surface area contributed by atoms with Crippen molar-refractivity contribution in [1.82, 2.24) is 15.1 Å². The molecule has 0 spiro atoms. The SMILES string of the molecule is CC(c1ccccc1F)N(Cc1nnc(C(C)(C)C)o1)C1CC1. The summed E-state index contributed by atoms with van der Waals surface area (Å²) in [4.78, 5) is 2.26. The van der Waals surface area contributed by atoms with Crippen molar-refractivity contribution in [1.29, 1.82) is 0 Å². The van der Waals surface area contributed by atoms with Crippen LogP contribution in [0.15, 0.2) is 28.7 Å². The van der Waals surface area contributed by atoms with Gasteiger partial charge in [-0.05, 0) is 25.8 Å². The molecule has 1 atom stereocenters. The summed E-state index contributed by atoms with van der Waals surface area (Å²) >= 11 is 0. The lowest BCUT2D eigenvalue weighted by atomic mass is 9.97. The molecule has 4 nitrogen and oxygen atoms in total. The third kappa shape index (κ3) is 3.61. The van der Waals surface area contributed by atoms with Crippen LogP contribution in [0.5, 0.6) is 0 Å². The van der Waals surface area contributed by atoms with Crippen LogP contribution in [0, 0.1) is 5.82 Å². The summed E-state index contributed by atoms with van der Waals surface area (Å²) in [5.74, 6) is 1.08. The van der Waals surface area contributed by atoms with Crippen molar-refractivity contribution in [3.8, 4) is 0 Å². The van der Waals surface area contributed by atoms with Gasteiger partial charge in [0.2, 0.25) is 11.8 Å². The predicted molar refractivity (Wildman–Crippen MR) is 86.4 cm³/mol. The molecule has 1 aliphatic carbocycles. The van der Waals surface area contributed by atoms with Crippen LogP contribution in [0.1, 0.15) is 63.9 Å². The maximum absolute atomic E-state index is 14.1. The van der Waals surface area contributed by atoms with Gasteiger partial charge in [0, 0.05) is 23.1 Å². The van der Waals surface area contributed by atoms with Gasteiger partial charge in [-0.15, -0.1) is 10.2 Å². The Morgan fingerprint density at radius 2 is 1.96 bits per heavy atom. The summed E-state index contributed by atoms with van der Waals surface area (Å²) in [6, 6.07) is 7.42. The zero-order valence-electron chi connectivity index (χ0n) is 14.2. The number of hydrogen-bond donors (Lipinski definition) is 0. The molecule has 124 valence electrons. The molecule has 0 radical (unpaired) electrons. The molecule has 2 aromatic rings. The van der Waals surface area contributed by atoms with Crippen LogP contribution in [0.2, 0.25) is 0 Å². The first-order chi connectivity index (χ1) is 10.9. The lowest BCUT2D eigenvalue weighted by Gasteiger charge is -2.28. The highest BCUT2D eigenvalue weighted by atomic mass is 19.1. The molecule has 1 aromatic carbocycles. The van der Waals surface area contributed by atoms with Gasteiger partial charge >= 0.3 is 0 Å². The van der Waals surface area contributed by atoms with Gasteiger partial charge in [-0.3, -0.25) is 4.90 Å². The number of halogens is 1. The van der Waals surface area contributed by atoms with Gasteiger partial charge in [0.05, 0.1) is 6.54 Å². The predicted octanol–water partition coefficient (Wildman–Crippen LogP) is 4.23. The Morgan fingerprint density at radius 3 is 2.52 bits per heavy atom. The van der Waals surface area contributed by atoms with E-state index < -0.39 is 0 Å². The molecule has 0 saturated heterocycles. The van der Waals surface area contributed by atoms with Gasteiger partial charge in [0.25, 0.3) is 0 Å². The molecule has 0 amide bonds. The molecular formula is C18H24FN3O. The summed E-state index contributed by atoms with van der Waals surface area (Å²) in [5, 5.41) is 8.33. The first kappa shape index (κ1) is 16.1. The van der Waals surface area contributed by atoms with Crippen LogP contribution in [0.4, 0.5) is 4.39 Å². The highest BCUT2D eigenvalue weighted by Crippen LogP contribution is 2.36. The standard InChI is InChI=1S/C18H24FN3O/c1-12(14-7-5-6-8-15(14)19)22(13-9-10-13)11-16-20-21-17(23-16)18(2,3)4/h5-8,12-13H,9-11H2,1-4H3. The third-order valence-electron chi connectivity index (χ3n) is 4.29. The molecule has 1 aliphatic rings. The van der Waals surface area contributed by atoms with E-state index >= 15 is 0 Å². The second-order valence-corrected chi connectivity index (χ2v) is 7.35. The second kappa shape index (κ2) is 6.04. The fourth-order valence-corrected chi connectivity index (χ4v) is 2.76. The van der Waals surface area contributed by atoms with Gasteiger partial charge < -0.3 is 4.42 Å². The van der Waals surface area contributed by atoms with Crippen LogP contribution < -0.4 is 0 Å². The van der Waals surface area contributed by atoms with Crippen molar-refractivity contribution in [3.05, 3.63) is 47.4 Å². The molecule has 1 unspecified atom stereocenters. The van der Waals surface area contributed by atoms with Crippen LogP contribution in [-0.2, 0) is 12.0 Å². The van der Waals surface area contributed by atoms with E-state index in [1.165, 1.54) is 6.07 Å². The summed E-state index contributed by atoms with van der Waals surface area (Å²) < 4.78 is 19.9. The van der Waals surface area contributed by atoms with Crippen molar-refractivity contribution >= 4 is 0 Å². The van der Waals surface area contributed by atoms with Crippen LogP contribution in [0.3, 0.4) is 0 Å². The molecule has 5 heteroatoms. The first-order valence-electron chi connectivity index (χ1n) is 8.19. The molecule has 23 heavy (non-hydrogen) atoms. The smallest absolute Gasteiger partial charge is 0.230 e. The van der Waals surface area contributed by atoms with Crippen molar-refractivity contribution in [3.63, 3.8) is 0 Å². The number of aromatic nitrogens is 2. The monoisotopic (exact) mass is 317 g/mol. The van der Waals surface area contributed by atoms with E-state index in [1.54, 1.807) is 6.07 Å². The van der Waals surface area contributed by atoms with Crippen LogP contribution in [0.25, 0.3) is 0 Å². The van der Waals surface area contributed by atoms with Crippen molar-refractivity contribution in [2.24, 2.45) is 0 Å². The lowest BCUT2D eigenvalue weighted by molar-refractivity contribution is 0.166. The molecular weight excluding hydrogens is 293 g/mol. The summed E-state index contributed by atoms with van der Waals surface area (Å²) in [7, 11) is 0. The highest BCUT2D eigenvalue weighted by Gasteiger charge is 2.35. The van der Waals surface area contributed by atoms with Gasteiger partial charge in [0.1, 0.15) is 5.82 Å². The van der Waals surface area contributed by atoms with Crippen molar-refractivity contribution in [2.75, 3.05) is 0 Å². The Morgan fingerprint density at radius 1 is 1.26 bits per heavy atom. The van der Waals surface area contributed by atoms with E-state index in [0.717, 1.165) is 18.4 Å². The number of hydrogen-bond acceptors (Lipinski definition) is 4. The topological polar surface area (TPSA) is 42.2 Å². The fourth-order valence-electron chi connectivity index (χ4n) is 2.76. The minimum atomic E-state index is -0.161. The molecule has 0 aliphatic heterocycles. The number of rotatable bonds is 5. The Labute approximate surface area is 136 Å². The molecule has 0 bridgehead atoms. The largest absolute Gasteiger partial charge is 0.423 e. The summed E-state index contributed by atoms with van der Waals surface area (Å²) in [6.45, 7) is 8.74. The van der Waals surface area contributed by atoms with E-state index in [4.69, 9.17) is 4.42 Å². The van der Waals surface area contributed by atoms with Gasteiger partial charge in [-0.2, -0.15) is 0 Å². The molecule has 1 heterocycles. The Hall–Kier alpha value is -1.75. The fraction of sp³-hybridized carbons (Fsp3) is 0.556. The molecule has 1 saturated carbocycles. The zero-order chi connectivity index (χ0) is 16.6. The lowest BCUT2D eigenvalue weighted by Crippen LogP contribution is -2.29. The quantitative estimate of drug-likeness (QED) is 0.827. The van der Waals surface area contributed by atoms with Crippen molar-refractivity contribution in [2.45, 2.75) is 64.6 Å². The highest BCUT2D eigenvalue weighted by molar-refractivity contribution is 5.21. The normalized spacial score (nSPS) is 16.8. The van der Waals surface area contributed by atoms with Gasteiger partial charge in [-0.1, -0.05) is 39.0 Å².